The van der Waals surface area contributed by atoms with Crippen molar-refractivity contribution in [2.24, 2.45) is 0 Å². The number of hydrogen-bond donors (Lipinski definition) is 0. The first-order valence-corrected chi connectivity index (χ1v) is 8.18. The second kappa shape index (κ2) is 5.02. The van der Waals surface area contributed by atoms with Crippen molar-refractivity contribution in [1.29, 1.82) is 0 Å². The van der Waals surface area contributed by atoms with Gasteiger partial charge in [-0.15, -0.1) is 11.3 Å². The van der Waals surface area contributed by atoms with Crippen LogP contribution in [0.15, 0.2) is 34.5 Å². The highest BCUT2D eigenvalue weighted by atomic mass is 32.1. The Hall–Kier alpha value is -1.10. The molecule has 0 amide bonds. The van der Waals surface area contributed by atoms with Crippen LogP contribution in [0.5, 0.6) is 0 Å². The van der Waals surface area contributed by atoms with Crippen LogP contribution in [0.3, 0.4) is 0 Å². The fourth-order valence-electron chi connectivity index (χ4n) is 3.48. The lowest BCUT2D eigenvalue weighted by Gasteiger charge is -2.44. The summed E-state index contributed by atoms with van der Waals surface area (Å²) >= 11 is 1.89. The Morgan fingerprint density at radius 2 is 2.15 bits per heavy atom. The quantitative estimate of drug-likeness (QED) is 0.847. The predicted molar refractivity (Wildman–Crippen MR) is 78.9 cm³/mol. The molecule has 0 radical (unpaired) electrons. The third kappa shape index (κ3) is 2.12. The predicted octanol–water partition coefficient (Wildman–Crippen LogP) is 3.41. The number of likely N-dealkylation sites (tertiary alicyclic amines) is 1. The fourth-order valence-corrected chi connectivity index (χ4v) is 4.43. The lowest BCUT2D eigenvalue weighted by atomic mass is 9.82. The van der Waals surface area contributed by atoms with Gasteiger partial charge in [0.05, 0.1) is 24.7 Å². The third-order valence-corrected chi connectivity index (χ3v) is 5.57. The molecule has 4 rings (SSSR count). The van der Waals surface area contributed by atoms with Crippen molar-refractivity contribution in [1.82, 2.24) is 4.90 Å². The number of nitrogens with zero attached hydrogens (tertiary/aromatic N) is 1. The number of ether oxygens (including phenoxy) is 1. The summed E-state index contributed by atoms with van der Waals surface area (Å²) in [5.41, 5.74) is 2.74. The first-order valence-electron chi connectivity index (χ1n) is 7.30. The van der Waals surface area contributed by atoms with E-state index in [0.717, 1.165) is 45.5 Å². The Balaban J connectivity index is 1.47. The smallest absolute Gasteiger partial charge is 0.0966 e. The van der Waals surface area contributed by atoms with Gasteiger partial charge in [-0.05, 0) is 35.9 Å². The Morgan fingerprint density at radius 1 is 1.25 bits per heavy atom. The Bertz CT molecular complexity index is 567. The molecule has 0 aromatic carbocycles. The van der Waals surface area contributed by atoms with Crippen molar-refractivity contribution in [3.8, 4) is 0 Å². The Morgan fingerprint density at radius 3 is 2.95 bits per heavy atom. The Labute approximate surface area is 123 Å². The van der Waals surface area contributed by atoms with Gasteiger partial charge in [-0.25, -0.2) is 0 Å². The van der Waals surface area contributed by atoms with E-state index in [2.05, 4.69) is 22.4 Å². The molecule has 0 bridgehead atoms. The zero-order chi connectivity index (χ0) is 13.4. The van der Waals surface area contributed by atoms with E-state index in [-0.39, 0.29) is 5.60 Å². The summed E-state index contributed by atoms with van der Waals surface area (Å²) in [5, 5.41) is 2.22. The molecular weight excluding hydrogens is 270 g/mol. The molecule has 20 heavy (non-hydrogen) atoms. The molecule has 1 spiro atoms. The molecule has 2 aliphatic heterocycles. The van der Waals surface area contributed by atoms with Gasteiger partial charge < -0.3 is 9.15 Å². The first kappa shape index (κ1) is 12.6. The molecule has 0 aliphatic carbocycles. The van der Waals surface area contributed by atoms with Gasteiger partial charge in [0.1, 0.15) is 0 Å². The van der Waals surface area contributed by atoms with Crippen molar-refractivity contribution in [3.63, 3.8) is 0 Å². The van der Waals surface area contributed by atoms with Crippen molar-refractivity contribution in [2.75, 3.05) is 19.7 Å². The fraction of sp³-hybridized carbons (Fsp3) is 0.500. The van der Waals surface area contributed by atoms with Crippen LogP contribution in [0, 0.1) is 0 Å². The van der Waals surface area contributed by atoms with Gasteiger partial charge in [-0.1, -0.05) is 0 Å². The van der Waals surface area contributed by atoms with Crippen LogP contribution in [0.25, 0.3) is 0 Å². The van der Waals surface area contributed by atoms with Crippen molar-refractivity contribution in [2.45, 2.75) is 31.4 Å². The van der Waals surface area contributed by atoms with E-state index in [9.17, 15) is 0 Å². The summed E-state index contributed by atoms with van der Waals surface area (Å²) in [5.74, 6) is 0. The molecule has 2 aromatic rings. The van der Waals surface area contributed by atoms with Crippen LogP contribution in [0.1, 0.15) is 28.8 Å². The average molecular weight is 289 g/mol. The first-order chi connectivity index (χ1) is 9.86. The van der Waals surface area contributed by atoms with E-state index in [1.807, 2.05) is 17.6 Å². The molecule has 2 aliphatic rings. The standard InChI is InChI=1S/C16H19NO2S/c1-8-18-12-13(1)11-17-6-4-16(5-7-17)14-3-10-20-15(14)2-9-19-16/h1,3,8,10,12H,2,4-7,9,11H2. The summed E-state index contributed by atoms with van der Waals surface area (Å²) < 4.78 is 11.4. The van der Waals surface area contributed by atoms with Crippen molar-refractivity contribution >= 4 is 11.3 Å². The monoisotopic (exact) mass is 289 g/mol. The number of hydrogen-bond acceptors (Lipinski definition) is 4. The minimum absolute atomic E-state index is 0.000476. The molecule has 4 heterocycles. The van der Waals surface area contributed by atoms with Gasteiger partial charge in [0.15, 0.2) is 0 Å². The molecule has 0 saturated carbocycles. The highest BCUT2D eigenvalue weighted by Gasteiger charge is 2.41. The van der Waals surface area contributed by atoms with Crippen LogP contribution in [0.4, 0.5) is 0 Å². The zero-order valence-corrected chi connectivity index (χ0v) is 12.3. The summed E-state index contributed by atoms with van der Waals surface area (Å²) in [4.78, 5) is 4.04. The molecular formula is C16H19NO2S. The van der Waals surface area contributed by atoms with Gasteiger partial charge in [0.25, 0.3) is 0 Å². The summed E-state index contributed by atoms with van der Waals surface area (Å²) in [7, 11) is 0. The molecule has 0 N–H and O–H groups in total. The lowest BCUT2D eigenvalue weighted by Crippen LogP contribution is -2.45. The molecule has 2 aromatic heterocycles. The van der Waals surface area contributed by atoms with Crippen LogP contribution in [-0.2, 0) is 23.3 Å². The van der Waals surface area contributed by atoms with E-state index in [4.69, 9.17) is 9.15 Å². The molecule has 0 atom stereocenters. The number of piperidine rings is 1. The maximum Gasteiger partial charge on any atom is 0.0966 e. The van der Waals surface area contributed by atoms with Crippen LogP contribution in [0.2, 0.25) is 0 Å². The van der Waals surface area contributed by atoms with E-state index in [1.165, 1.54) is 11.1 Å². The highest BCUT2D eigenvalue weighted by molar-refractivity contribution is 7.10. The number of furan rings is 1. The van der Waals surface area contributed by atoms with E-state index >= 15 is 0 Å². The topological polar surface area (TPSA) is 25.6 Å². The van der Waals surface area contributed by atoms with E-state index in [1.54, 1.807) is 11.1 Å². The van der Waals surface area contributed by atoms with Crippen LogP contribution >= 0.6 is 11.3 Å². The van der Waals surface area contributed by atoms with Gasteiger partial charge in [0.2, 0.25) is 0 Å². The van der Waals surface area contributed by atoms with E-state index < -0.39 is 0 Å². The van der Waals surface area contributed by atoms with Crippen molar-refractivity contribution in [3.05, 3.63) is 46.0 Å². The van der Waals surface area contributed by atoms with Gasteiger partial charge in [0, 0.05) is 36.5 Å². The largest absolute Gasteiger partial charge is 0.472 e. The average Bonchev–Trinajstić information content (AvgIpc) is 3.13. The van der Waals surface area contributed by atoms with Crippen molar-refractivity contribution < 1.29 is 9.15 Å². The number of thiophene rings is 1. The number of rotatable bonds is 2. The van der Waals surface area contributed by atoms with Gasteiger partial charge in [-0.3, -0.25) is 4.90 Å². The highest BCUT2D eigenvalue weighted by Crippen LogP contribution is 2.43. The maximum absolute atomic E-state index is 6.24. The second-order valence-corrected chi connectivity index (χ2v) is 6.76. The van der Waals surface area contributed by atoms with Gasteiger partial charge >= 0.3 is 0 Å². The zero-order valence-electron chi connectivity index (χ0n) is 11.5. The molecule has 4 heteroatoms. The lowest BCUT2D eigenvalue weighted by molar-refractivity contribution is -0.0980. The number of fused-ring (bicyclic) bond motifs is 2. The second-order valence-electron chi connectivity index (χ2n) is 5.76. The van der Waals surface area contributed by atoms with Crippen LogP contribution in [-0.4, -0.2) is 24.6 Å². The normalized spacial score (nSPS) is 22.0. The molecule has 106 valence electrons. The molecule has 0 unspecified atom stereocenters. The summed E-state index contributed by atoms with van der Waals surface area (Å²) in [6.07, 6.45) is 6.90. The van der Waals surface area contributed by atoms with Crippen LogP contribution < -0.4 is 0 Å². The molecule has 1 fully saturated rings. The Kier molecular flexibility index (Phi) is 3.17. The maximum atomic E-state index is 6.24. The molecule has 1 saturated heterocycles. The summed E-state index contributed by atoms with van der Waals surface area (Å²) in [6, 6.07) is 4.34. The minimum atomic E-state index is 0.000476. The van der Waals surface area contributed by atoms with E-state index in [0.29, 0.717) is 0 Å². The third-order valence-electron chi connectivity index (χ3n) is 4.59. The molecule has 3 nitrogen and oxygen atoms in total. The van der Waals surface area contributed by atoms with Gasteiger partial charge in [-0.2, -0.15) is 0 Å². The minimum Gasteiger partial charge on any atom is -0.472 e. The summed E-state index contributed by atoms with van der Waals surface area (Å²) in [6.45, 7) is 4.07. The SMILES string of the molecule is c1cc(CN2CCC3(CC2)OCCc2sccc23)co1.